The van der Waals surface area contributed by atoms with Crippen molar-refractivity contribution in [2.75, 3.05) is 19.1 Å². The topological polar surface area (TPSA) is 108 Å². The molecule has 0 radical (unpaired) electrons. The number of nitrogens with zero attached hydrogens (tertiary/aromatic N) is 2. The number of hydrogen-bond donors (Lipinski definition) is 1. The molecular weight excluding hydrogens is 378 g/mol. The second kappa shape index (κ2) is 6.65. The number of methoxy groups -OCH3 is 1. The summed E-state index contributed by atoms with van der Waals surface area (Å²) in [6.07, 6.45) is 2.51. The smallest absolute Gasteiger partial charge is 0.232 e. The lowest BCUT2D eigenvalue weighted by molar-refractivity contribution is 0.415. The zero-order valence-electron chi connectivity index (χ0n) is 15.2. The van der Waals surface area contributed by atoms with Gasteiger partial charge in [-0.15, -0.1) is 0 Å². The molecular formula is C20H17N3O4S. The van der Waals surface area contributed by atoms with Gasteiger partial charge < -0.3 is 14.9 Å². The quantitative estimate of drug-likeness (QED) is 0.563. The lowest BCUT2D eigenvalue weighted by Gasteiger charge is -2.07. The Morgan fingerprint density at radius 3 is 2.21 bits per heavy atom. The largest absolute Gasteiger partial charge is 0.497 e. The number of anilines is 1. The Balaban J connectivity index is 1.96. The summed E-state index contributed by atoms with van der Waals surface area (Å²) in [6, 6.07) is 14.0. The van der Waals surface area contributed by atoms with Gasteiger partial charge in [0.15, 0.2) is 9.84 Å². The van der Waals surface area contributed by atoms with E-state index in [0.717, 1.165) is 16.9 Å². The number of benzene rings is 2. The van der Waals surface area contributed by atoms with Crippen LogP contribution in [0.5, 0.6) is 5.75 Å². The molecule has 2 aromatic carbocycles. The van der Waals surface area contributed by atoms with E-state index in [9.17, 15) is 8.42 Å². The number of furan rings is 1. The molecule has 142 valence electrons. The maximum atomic E-state index is 11.7. The molecule has 8 heteroatoms. The van der Waals surface area contributed by atoms with Crippen molar-refractivity contribution in [2.45, 2.75) is 4.90 Å². The van der Waals surface area contributed by atoms with E-state index in [1.807, 2.05) is 24.3 Å². The van der Waals surface area contributed by atoms with E-state index in [-0.39, 0.29) is 4.90 Å². The lowest BCUT2D eigenvalue weighted by atomic mass is 9.99. The molecule has 0 bridgehead atoms. The number of ether oxygens (including phenoxy) is 1. The molecule has 0 saturated carbocycles. The van der Waals surface area contributed by atoms with E-state index in [4.69, 9.17) is 14.9 Å². The monoisotopic (exact) mass is 395 g/mol. The highest BCUT2D eigenvalue weighted by Crippen LogP contribution is 2.42. The van der Waals surface area contributed by atoms with E-state index < -0.39 is 9.84 Å². The highest BCUT2D eigenvalue weighted by Gasteiger charge is 2.21. The van der Waals surface area contributed by atoms with Gasteiger partial charge in [0.2, 0.25) is 5.71 Å². The van der Waals surface area contributed by atoms with Gasteiger partial charge in [-0.2, -0.15) is 0 Å². The van der Waals surface area contributed by atoms with Crippen LogP contribution in [0.2, 0.25) is 0 Å². The number of fused-ring (bicyclic) bond motifs is 1. The maximum absolute atomic E-state index is 11.7. The fraction of sp³-hybridized carbons (Fsp3) is 0.100. The molecule has 0 saturated heterocycles. The molecule has 0 unspecified atom stereocenters. The van der Waals surface area contributed by atoms with Crippen LogP contribution >= 0.6 is 0 Å². The van der Waals surface area contributed by atoms with Crippen LogP contribution in [0, 0.1) is 0 Å². The lowest BCUT2D eigenvalue weighted by Crippen LogP contribution is -1.96. The van der Waals surface area contributed by atoms with Crippen LogP contribution in [0.3, 0.4) is 0 Å². The first-order valence-corrected chi connectivity index (χ1v) is 10.3. The standard InChI is InChI=1S/C20H17N3O4S/c1-26-14-7-3-12(4-8-14)16-17-19(21)22-11-23-20(17)27-18(16)13-5-9-15(10-6-13)28(2,24)25/h3-11H,1-2H3,(H2,21,22,23). The number of rotatable bonds is 4. The highest BCUT2D eigenvalue weighted by atomic mass is 32.2. The molecule has 0 aliphatic rings. The van der Waals surface area contributed by atoms with Crippen LogP contribution in [0.15, 0.2) is 64.2 Å². The molecule has 7 nitrogen and oxygen atoms in total. The van der Waals surface area contributed by atoms with E-state index >= 15 is 0 Å². The van der Waals surface area contributed by atoms with E-state index in [2.05, 4.69) is 9.97 Å². The third-order valence-electron chi connectivity index (χ3n) is 4.44. The summed E-state index contributed by atoms with van der Waals surface area (Å²) < 4.78 is 34.7. The second-order valence-electron chi connectivity index (χ2n) is 6.27. The summed E-state index contributed by atoms with van der Waals surface area (Å²) in [6.45, 7) is 0. The zero-order chi connectivity index (χ0) is 19.9. The van der Waals surface area contributed by atoms with Crippen LogP contribution in [-0.4, -0.2) is 31.8 Å². The highest BCUT2D eigenvalue weighted by molar-refractivity contribution is 7.90. The number of hydrogen-bond acceptors (Lipinski definition) is 7. The molecule has 4 aromatic rings. The SMILES string of the molecule is COc1ccc(-c2c(-c3ccc(S(C)(=O)=O)cc3)oc3ncnc(N)c23)cc1. The predicted molar refractivity (Wildman–Crippen MR) is 107 cm³/mol. The number of nitrogens with two attached hydrogens (primary N) is 1. The Bertz CT molecular complexity index is 1260. The van der Waals surface area contributed by atoms with Crippen molar-refractivity contribution in [3.8, 4) is 28.2 Å². The molecule has 2 aromatic heterocycles. The summed E-state index contributed by atoms with van der Waals surface area (Å²) in [4.78, 5) is 8.50. The van der Waals surface area contributed by atoms with Crippen molar-refractivity contribution in [2.24, 2.45) is 0 Å². The molecule has 2 heterocycles. The zero-order valence-corrected chi connectivity index (χ0v) is 16.0. The Kier molecular flexibility index (Phi) is 4.27. The molecule has 0 aliphatic carbocycles. The van der Waals surface area contributed by atoms with Gasteiger partial charge in [0.25, 0.3) is 0 Å². The Hall–Kier alpha value is -3.39. The summed E-state index contributed by atoms with van der Waals surface area (Å²) in [7, 11) is -1.69. The number of sulfone groups is 1. The molecule has 4 rings (SSSR count). The minimum atomic E-state index is -3.29. The Labute approximate surface area is 161 Å². The van der Waals surface area contributed by atoms with Gasteiger partial charge in [-0.25, -0.2) is 18.4 Å². The average molecular weight is 395 g/mol. The van der Waals surface area contributed by atoms with Gasteiger partial charge in [-0.3, -0.25) is 0 Å². The average Bonchev–Trinajstić information content (AvgIpc) is 3.08. The van der Waals surface area contributed by atoms with Crippen LogP contribution < -0.4 is 10.5 Å². The molecule has 2 N–H and O–H groups in total. The molecule has 0 spiro atoms. The van der Waals surface area contributed by atoms with Gasteiger partial charge in [-0.05, 0) is 42.0 Å². The molecule has 0 amide bonds. The van der Waals surface area contributed by atoms with Gasteiger partial charge >= 0.3 is 0 Å². The molecule has 0 atom stereocenters. The fourth-order valence-electron chi connectivity index (χ4n) is 3.05. The van der Waals surface area contributed by atoms with Crippen LogP contribution in [-0.2, 0) is 9.84 Å². The first kappa shape index (κ1) is 18.0. The van der Waals surface area contributed by atoms with Gasteiger partial charge in [-0.1, -0.05) is 12.1 Å². The summed E-state index contributed by atoms with van der Waals surface area (Å²) >= 11 is 0. The fourth-order valence-corrected chi connectivity index (χ4v) is 3.68. The first-order chi connectivity index (χ1) is 13.4. The Morgan fingerprint density at radius 1 is 0.964 bits per heavy atom. The van der Waals surface area contributed by atoms with Crippen molar-refractivity contribution in [1.82, 2.24) is 9.97 Å². The third kappa shape index (κ3) is 3.07. The predicted octanol–water partition coefficient (Wildman–Crippen LogP) is 3.55. The van der Waals surface area contributed by atoms with Crippen molar-refractivity contribution >= 4 is 26.8 Å². The molecule has 0 aliphatic heterocycles. The second-order valence-corrected chi connectivity index (χ2v) is 8.29. The molecule has 28 heavy (non-hydrogen) atoms. The van der Waals surface area contributed by atoms with Gasteiger partial charge in [0, 0.05) is 17.4 Å². The number of nitrogen functional groups attached to an aromatic ring is 1. The summed E-state index contributed by atoms with van der Waals surface area (Å²) in [5.74, 6) is 1.56. The number of aromatic nitrogens is 2. The van der Waals surface area contributed by atoms with E-state index in [0.29, 0.717) is 28.2 Å². The van der Waals surface area contributed by atoms with Crippen LogP contribution in [0.25, 0.3) is 33.6 Å². The van der Waals surface area contributed by atoms with Gasteiger partial charge in [0.1, 0.15) is 23.7 Å². The van der Waals surface area contributed by atoms with Crippen molar-refractivity contribution in [3.05, 3.63) is 54.9 Å². The van der Waals surface area contributed by atoms with Crippen molar-refractivity contribution < 1.29 is 17.6 Å². The van der Waals surface area contributed by atoms with Crippen LogP contribution in [0.4, 0.5) is 5.82 Å². The minimum absolute atomic E-state index is 0.234. The van der Waals surface area contributed by atoms with Crippen molar-refractivity contribution in [1.29, 1.82) is 0 Å². The van der Waals surface area contributed by atoms with Gasteiger partial charge in [0.05, 0.1) is 17.4 Å². The normalized spacial score (nSPS) is 11.6. The summed E-state index contributed by atoms with van der Waals surface area (Å²) in [5.41, 5.74) is 8.76. The Morgan fingerprint density at radius 2 is 1.61 bits per heavy atom. The van der Waals surface area contributed by atoms with E-state index in [1.165, 1.54) is 12.6 Å². The molecule has 0 fully saturated rings. The van der Waals surface area contributed by atoms with Crippen molar-refractivity contribution in [3.63, 3.8) is 0 Å². The van der Waals surface area contributed by atoms with Crippen LogP contribution in [0.1, 0.15) is 0 Å². The maximum Gasteiger partial charge on any atom is 0.232 e. The minimum Gasteiger partial charge on any atom is -0.497 e. The summed E-state index contributed by atoms with van der Waals surface area (Å²) in [5, 5.41) is 0.606. The van der Waals surface area contributed by atoms with E-state index in [1.54, 1.807) is 31.4 Å². The third-order valence-corrected chi connectivity index (χ3v) is 5.57. The first-order valence-electron chi connectivity index (χ1n) is 8.36.